The predicted octanol–water partition coefficient (Wildman–Crippen LogP) is 4.16. The van der Waals surface area contributed by atoms with Crippen LogP contribution in [-0.4, -0.2) is 75.0 Å². The first-order valence-corrected chi connectivity index (χ1v) is 19.4. The van der Waals surface area contributed by atoms with Crippen molar-refractivity contribution < 1.29 is 33.7 Å². The third kappa shape index (κ3) is 5.03. The Balaban J connectivity index is 1.28. The molecule has 4 heterocycles. The lowest BCUT2D eigenvalue weighted by Crippen LogP contribution is -2.52. The van der Waals surface area contributed by atoms with E-state index in [-0.39, 0.29) is 42.3 Å². The Labute approximate surface area is 275 Å². The van der Waals surface area contributed by atoms with E-state index in [0.717, 1.165) is 16.9 Å². The second kappa shape index (κ2) is 11.8. The van der Waals surface area contributed by atoms with Crippen LogP contribution in [0, 0.1) is 5.92 Å². The van der Waals surface area contributed by atoms with Gasteiger partial charge in [-0.15, -0.1) is 0 Å². The largest absolute Gasteiger partial charge is 0.497 e. The molecule has 2 N–H and O–H groups in total. The van der Waals surface area contributed by atoms with E-state index in [1.165, 1.54) is 5.19 Å². The number of aliphatic hydroxyl groups is 1. The number of nitrogens with one attached hydrogen (secondary N) is 1. The number of hydrogen-bond acceptors (Lipinski definition) is 7. The van der Waals surface area contributed by atoms with Gasteiger partial charge in [0.2, 0.25) is 5.91 Å². The SMILES string of the molecule is COc1ccc([Si](C)(C)[C@@H]2[C@@H](CC(=O)N3Cc4ccccc4C[C@H]3CO)O[C@]3(C(=O)Nc4ccc(N5CCOC5=O)cc43)[C@H]2C)cc1. The zero-order valence-corrected chi connectivity index (χ0v) is 28.2. The van der Waals surface area contributed by atoms with Crippen molar-refractivity contribution in [3.63, 3.8) is 0 Å². The number of rotatable bonds is 7. The van der Waals surface area contributed by atoms with E-state index in [1.807, 2.05) is 48.5 Å². The quantitative estimate of drug-likeness (QED) is 0.368. The summed E-state index contributed by atoms with van der Waals surface area (Å²) in [5.41, 5.74) is 2.67. The van der Waals surface area contributed by atoms with Crippen molar-refractivity contribution in [3.05, 3.63) is 83.4 Å². The van der Waals surface area contributed by atoms with Gasteiger partial charge in [0.25, 0.3) is 5.91 Å². The van der Waals surface area contributed by atoms with E-state index in [2.05, 4.69) is 43.5 Å². The monoisotopic (exact) mass is 655 g/mol. The number of amides is 3. The lowest BCUT2D eigenvalue weighted by Gasteiger charge is -2.39. The summed E-state index contributed by atoms with van der Waals surface area (Å²) in [5, 5.41) is 14.6. The molecule has 11 heteroatoms. The maximum absolute atomic E-state index is 14.3. The molecule has 5 atom stereocenters. The number of anilines is 2. The summed E-state index contributed by atoms with van der Waals surface area (Å²) < 4.78 is 17.7. The van der Waals surface area contributed by atoms with Crippen LogP contribution in [0.15, 0.2) is 66.7 Å². The molecule has 2 saturated heterocycles. The van der Waals surface area contributed by atoms with Gasteiger partial charge in [0.1, 0.15) is 12.4 Å². The molecule has 47 heavy (non-hydrogen) atoms. The summed E-state index contributed by atoms with van der Waals surface area (Å²) >= 11 is 0. The van der Waals surface area contributed by atoms with Crippen LogP contribution in [0.25, 0.3) is 0 Å². The highest BCUT2D eigenvalue weighted by molar-refractivity contribution is 6.91. The van der Waals surface area contributed by atoms with Crippen molar-refractivity contribution in [2.75, 3.05) is 37.1 Å². The standard InChI is InChI=1S/C36H41N3O7Si/c1-22-33(47(3,4)28-12-10-27(44-2)11-13-28)31(19-32(41)39-20-24-8-6-5-7-23(24)17-26(39)21-40)46-36(22)29-18-25(38-15-16-45-35(38)43)9-14-30(29)37-34(36)42/h5-14,18,22,26,31,33,40H,15-17,19-21H2,1-4H3,(H,37,42)/t22-,26-,31+,33-,36+/m0/s1. The molecule has 1 spiro atoms. The average Bonchev–Trinajstić information content (AvgIpc) is 3.73. The second-order valence-corrected chi connectivity index (χ2v) is 18.3. The third-order valence-corrected chi connectivity index (χ3v) is 15.3. The minimum Gasteiger partial charge on any atom is -0.497 e. The summed E-state index contributed by atoms with van der Waals surface area (Å²) in [6.07, 6.45) is -0.345. The fraction of sp³-hybridized carbons (Fsp3) is 0.417. The molecule has 4 aliphatic rings. The van der Waals surface area contributed by atoms with Crippen LogP contribution in [0.2, 0.25) is 18.6 Å². The fourth-order valence-corrected chi connectivity index (χ4v) is 12.5. The Bertz CT molecular complexity index is 1730. The number of methoxy groups -OCH3 is 1. The van der Waals surface area contributed by atoms with Crippen LogP contribution in [-0.2, 0) is 37.6 Å². The molecule has 0 saturated carbocycles. The van der Waals surface area contributed by atoms with Crippen LogP contribution in [0.1, 0.15) is 30.0 Å². The second-order valence-electron chi connectivity index (χ2n) is 13.6. The van der Waals surface area contributed by atoms with E-state index in [4.69, 9.17) is 14.2 Å². The van der Waals surface area contributed by atoms with E-state index >= 15 is 0 Å². The molecule has 3 aromatic carbocycles. The van der Waals surface area contributed by atoms with Gasteiger partial charge in [-0.2, -0.15) is 0 Å². The van der Waals surface area contributed by atoms with Gasteiger partial charge in [-0.3, -0.25) is 14.5 Å². The molecule has 2 fully saturated rings. The van der Waals surface area contributed by atoms with Gasteiger partial charge < -0.3 is 29.5 Å². The Morgan fingerprint density at radius 2 is 1.83 bits per heavy atom. The van der Waals surface area contributed by atoms with Crippen LogP contribution in [0.5, 0.6) is 5.75 Å². The smallest absolute Gasteiger partial charge is 0.414 e. The first kappa shape index (κ1) is 31.4. The molecule has 246 valence electrons. The first-order valence-electron chi connectivity index (χ1n) is 16.3. The van der Waals surface area contributed by atoms with Gasteiger partial charge >= 0.3 is 6.09 Å². The van der Waals surface area contributed by atoms with Crippen molar-refractivity contribution in [2.45, 2.75) is 62.7 Å². The van der Waals surface area contributed by atoms with Gasteiger partial charge in [0, 0.05) is 29.4 Å². The maximum atomic E-state index is 14.3. The molecule has 0 aliphatic carbocycles. The van der Waals surface area contributed by atoms with Crippen LogP contribution < -0.4 is 20.1 Å². The maximum Gasteiger partial charge on any atom is 0.414 e. The number of fused-ring (bicyclic) bond motifs is 3. The lowest BCUT2D eigenvalue weighted by atomic mass is 9.82. The van der Waals surface area contributed by atoms with Crippen LogP contribution >= 0.6 is 0 Å². The van der Waals surface area contributed by atoms with Crippen molar-refractivity contribution >= 4 is 42.5 Å². The third-order valence-electron chi connectivity index (χ3n) is 10.9. The van der Waals surface area contributed by atoms with E-state index in [0.29, 0.717) is 43.1 Å². The summed E-state index contributed by atoms with van der Waals surface area (Å²) in [6.45, 7) is 7.60. The van der Waals surface area contributed by atoms with Crippen molar-refractivity contribution in [2.24, 2.45) is 5.92 Å². The molecule has 3 aromatic rings. The number of cyclic esters (lactones) is 1. The van der Waals surface area contributed by atoms with Crippen LogP contribution in [0.4, 0.5) is 16.2 Å². The molecule has 0 aromatic heterocycles. The first-order chi connectivity index (χ1) is 22.6. The molecular weight excluding hydrogens is 614 g/mol. The van der Waals surface area contributed by atoms with Gasteiger partial charge in [0.15, 0.2) is 5.60 Å². The van der Waals surface area contributed by atoms with Gasteiger partial charge in [-0.25, -0.2) is 4.79 Å². The highest BCUT2D eigenvalue weighted by atomic mass is 28.3. The summed E-state index contributed by atoms with van der Waals surface area (Å²) in [4.78, 5) is 44.3. The summed E-state index contributed by atoms with van der Waals surface area (Å²) in [7, 11) is -0.828. The lowest BCUT2D eigenvalue weighted by molar-refractivity contribution is -0.149. The molecule has 3 amide bonds. The molecule has 0 unspecified atom stereocenters. The van der Waals surface area contributed by atoms with Crippen molar-refractivity contribution in [1.29, 1.82) is 0 Å². The average molecular weight is 656 g/mol. The Morgan fingerprint density at radius 1 is 1.09 bits per heavy atom. The summed E-state index contributed by atoms with van der Waals surface area (Å²) in [6, 6.07) is 21.3. The number of nitrogens with zero attached hydrogens (tertiary/aromatic N) is 2. The highest BCUT2D eigenvalue weighted by Crippen LogP contribution is 2.59. The number of aliphatic hydroxyl groups excluding tert-OH is 1. The normalized spacial score (nSPS) is 26.7. The van der Waals surface area contributed by atoms with Crippen LogP contribution in [0.3, 0.4) is 0 Å². The molecule has 4 aliphatic heterocycles. The summed E-state index contributed by atoms with van der Waals surface area (Å²) in [5.74, 6) is 0.0852. The number of carbonyl (C=O) groups excluding carboxylic acids is 3. The van der Waals surface area contributed by atoms with E-state index in [1.54, 1.807) is 16.9 Å². The van der Waals surface area contributed by atoms with E-state index < -0.39 is 25.9 Å². The highest BCUT2D eigenvalue weighted by Gasteiger charge is 2.65. The number of ether oxygens (including phenoxy) is 3. The Kier molecular flexibility index (Phi) is 7.89. The predicted molar refractivity (Wildman–Crippen MR) is 180 cm³/mol. The Morgan fingerprint density at radius 3 is 2.51 bits per heavy atom. The minimum atomic E-state index is -2.47. The van der Waals surface area contributed by atoms with E-state index in [9.17, 15) is 19.5 Å². The fourth-order valence-electron chi connectivity index (χ4n) is 8.45. The molecule has 10 nitrogen and oxygen atoms in total. The number of benzene rings is 3. The van der Waals surface area contributed by atoms with Crippen molar-refractivity contribution in [1.82, 2.24) is 4.90 Å². The number of carbonyl (C=O) groups is 3. The minimum absolute atomic E-state index is 0.0722. The zero-order valence-electron chi connectivity index (χ0n) is 27.2. The molecule has 7 rings (SSSR count). The topological polar surface area (TPSA) is 118 Å². The Hall–Kier alpha value is -4.19. The number of hydrogen-bond donors (Lipinski definition) is 2. The zero-order chi connectivity index (χ0) is 33.1. The molecule has 0 radical (unpaired) electrons. The molecular formula is C36H41N3O7Si. The molecule has 0 bridgehead atoms. The van der Waals surface area contributed by atoms with Crippen molar-refractivity contribution in [3.8, 4) is 5.75 Å². The van der Waals surface area contributed by atoms with Gasteiger partial charge in [-0.05, 0) is 53.4 Å². The van der Waals surface area contributed by atoms with Gasteiger partial charge in [-0.1, -0.05) is 61.6 Å². The van der Waals surface area contributed by atoms with Gasteiger partial charge in [0.05, 0.1) is 46.9 Å².